The lowest BCUT2D eigenvalue weighted by molar-refractivity contribution is -0.133. The Bertz CT molecular complexity index is 3210. The zero-order valence-corrected chi connectivity index (χ0v) is 46.5. The number of aromatic hydroxyl groups is 4. The summed E-state index contributed by atoms with van der Waals surface area (Å²) in [4.78, 5) is 69.0. The number of phenols is 4. The zero-order valence-electron chi connectivity index (χ0n) is 46.5. The van der Waals surface area contributed by atoms with Crippen molar-refractivity contribution in [3.63, 3.8) is 0 Å². The minimum Gasteiger partial charge on any atom is -0.508 e. The van der Waals surface area contributed by atoms with Gasteiger partial charge < -0.3 is 61.4 Å². The molecular weight excluding hydrogens is 1040 g/mol. The van der Waals surface area contributed by atoms with Gasteiger partial charge in [-0.3, -0.25) is 33.1 Å². The molecule has 4 aromatic carbocycles. The average molecular weight is 1110 g/mol. The van der Waals surface area contributed by atoms with Crippen LogP contribution < -0.4 is 31.2 Å². The first-order valence-corrected chi connectivity index (χ1v) is 27.6. The Morgan fingerprint density at radius 3 is 1.35 bits per heavy atom. The summed E-state index contributed by atoms with van der Waals surface area (Å²) in [6.07, 6.45) is 2.30. The number of aromatic nitrogens is 6. The van der Waals surface area contributed by atoms with Crippen LogP contribution in [0.15, 0.2) is 72.8 Å². The molecule has 1 atom stereocenters. The highest BCUT2D eigenvalue weighted by Gasteiger charge is 2.30. The number of ether oxygens (including phenoxy) is 2. The van der Waals surface area contributed by atoms with Gasteiger partial charge in [0.25, 0.3) is 11.8 Å². The Morgan fingerprint density at radius 2 is 0.963 bits per heavy atom. The van der Waals surface area contributed by atoms with Crippen LogP contribution in [0.4, 0.5) is 0 Å². The number of likely N-dealkylation sites (tertiary alicyclic amines) is 2. The highest BCUT2D eigenvalue weighted by Crippen LogP contribution is 2.40. The maximum atomic E-state index is 13.2. The van der Waals surface area contributed by atoms with E-state index in [0.29, 0.717) is 110 Å². The third-order valence-electron chi connectivity index (χ3n) is 14.5. The highest BCUT2D eigenvalue weighted by atomic mass is 16.5. The normalized spacial score (nSPS) is 14.5. The van der Waals surface area contributed by atoms with E-state index in [1.165, 1.54) is 12.1 Å². The van der Waals surface area contributed by atoms with Crippen molar-refractivity contribution < 1.29 is 53.9 Å². The van der Waals surface area contributed by atoms with Crippen molar-refractivity contribution in [3.05, 3.63) is 95.6 Å². The smallest absolute Gasteiger partial charge is 0.289 e. The van der Waals surface area contributed by atoms with Gasteiger partial charge in [0.05, 0.1) is 17.2 Å². The van der Waals surface area contributed by atoms with Crippen LogP contribution in [0.5, 0.6) is 34.5 Å². The molecule has 430 valence electrons. The molecule has 23 nitrogen and oxygen atoms in total. The number of amides is 5. The molecule has 0 bridgehead atoms. The van der Waals surface area contributed by atoms with Crippen LogP contribution in [0.2, 0.25) is 0 Å². The van der Waals surface area contributed by atoms with E-state index in [4.69, 9.17) is 15.2 Å². The molecular formula is C58H72N12O11. The van der Waals surface area contributed by atoms with E-state index in [0.717, 1.165) is 0 Å². The number of nitrogens with one attached hydrogen (secondary N) is 3. The third-order valence-corrected chi connectivity index (χ3v) is 14.5. The molecule has 2 fully saturated rings. The lowest BCUT2D eigenvalue weighted by Crippen LogP contribution is -2.45. The molecule has 8 rings (SSSR count). The van der Waals surface area contributed by atoms with E-state index in [-0.39, 0.29) is 108 Å². The van der Waals surface area contributed by atoms with Crippen LogP contribution in [-0.4, -0.2) is 153 Å². The SMILES string of the molecule is CCNC(=O)c1nnc(-c2cc(C(C)C)c(O)cc2O)n1-c1ccc(OC2CCN(C(=O)CCNC(=O)[C@H](N)CCC(=O)N3CCC(Oc4ccc(-n5c(C(=O)NCC)nnc5-c5cc(C(C)C)c(O)cc5O)cc4)CC3)CC2)cc1. The van der Waals surface area contributed by atoms with Crippen molar-refractivity contribution >= 4 is 29.5 Å². The van der Waals surface area contributed by atoms with E-state index in [1.807, 2.05) is 27.7 Å². The molecule has 4 heterocycles. The Morgan fingerprint density at radius 1 is 0.568 bits per heavy atom. The molecule has 2 saturated heterocycles. The molecule has 0 spiro atoms. The fourth-order valence-electron chi connectivity index (χ4n) is 9.98. The lowest BCUT2D eigenvalue weighted by atomic mass is 9.98. The van der Waals surface area contributed by atoms with Gasteiger partial charge in [0.15, 0.2) is 11.6 Å². The summed E-state index contributed by atoms with van der Waals surface area (Å²) in [7, 11) is 0. The molecule has 0 unspecified atom stereocenters. The predicted octanol–water partition coefficient (Wildman–Crippen LogP) is 5.80. The second-order valence-corrected chi connectivity index (χ2v) is 20.8. The standard InChI is InChI=1S/C58H72N12O11/c1-7-60-57(78)54-65-63-52(43-29-41(33(3)4)46(71)31-48(43)73)69(54)35-9-13-37(14-10-35)80-39-20-25-67(26-21-39)50(75)18-17-45(59)56(77)62-24-19-51(76)68-27-22-40(23-28-68)81-38-15-11-36(12-16-38)70-53(64-66-55(70)58(79)61-8-2)44-30-42(34(5)6)47(72)32-49(44)74/h9-16,29-34,39-40,45,71-74H,7-8,17-28,59H2,1-6H3,(H,60,78)(H,61,79)(H,62,77)/t45-/m1/s1. The van der Waals surface area contributed by atoms with Gasteiger partial charge in [-0.15, -0.1) is 20.4 Å². The molecule has 0 saturated carbocycles. The summed E-state index contributed by atoms with van der Waals surface area (Å²) in [6.45, 7) is 13.9. The van der Waals surface area contributed by atoms with E-state index < -0.39 is 23.8 Å². The molecule has 0 radical (unpaired) electrons. The number of carbonyl (C=O) groups is 5. The van der Waals surface area contributed by atoms with Crippen LogP contribution in [0.1, 0.15) is 131 Å². The van der Waals surface area contributed by atoms with Crippen molar-refractivity contribution in [1.82, 2.24) is 55.3 Å². The zero-order chi connectivity index (χ0) is 58.1. The Kier molecular flexibility index (Phi) is 18.8. The van der Waals surface area contributed by atoms with Gasteiger partial charge in [0.1, 0.15) is 46.7 Å². The lowest BCUT2D eigenvalue weighted by Gasteiger charge is -2.32. The largest absolute Gasteiger partial charge is 0.508 e. The van der Waals surface area contributed by atoms with E-state index in [1.54, 1.807) is 93.4 Å². The summed E-state index contributed by atoms with van der Waals surface area (Å²) in [5.41, 5.74) is 9.08. The number of nitrogens with two attached hydrogens (primary N) is 1. The van der Waals surface area contributed by atoms with Gasteiger partial charge in [0, 0.05) is 108 Å². The van der Waals surface area contributed by atoms with Crippen molar-refractivity contribution in [3.8, 4) is 68.6 Å². The van der Waals surface area contributed by atoms with Crippen molar-refractivity contribution in [2.24, 2.45) is 5.73 Å². The summed E-state index contributed by atoms with van der Waals surface area (Å²) < 4.78 is 15.7. The van der Waals surface area contributed by atoms with Gasteiger partial charge >= 0.3 is 0 Å². The number of nitrogens with zero attached hydrogens (tertiary/aromatic N) is 8. The van der Waals surface area contributed by atoms with Crippen LogP contribution in [-0.2, 0) is 14.4 Å². The first-order valence-electron chi connectivity index (χ1n) is 27.6. The van der Waals surface area contributed by atoms with E-state index in [2.05, 4.69) is 36.3 Å². The minimum atomic E-state index is -0.933. The summed E-state index contributed by atoms with van der Waals surface area (Å²) in [6, 6.07) is 19.0. The topological polar surface area (TPSA) is 315 Å². The minimum absolute atomic E-state index is 0.0136. The maximum absolute atomic E-state index is 13.2. The summed E-state index contributed by atoms with van der Waals surface area (Å²) >= 11 is 0. The second kappa shape index (κ2) is 26.0. The molecule has 2 aromatic heterocycles. The molecule has 2 aliphatic rings. The second-order valence-electron chi connectivity index (χ2n) is 20.8. The molecule has 6 aromatic rings. The number of phenolic OH excluding ortho intramolecular Hbond substituents is 4. The molecule has 23 heteroatoms. The number of rotatable bonds is 21. The highest BCUT2D eigenvalue weighted by molar-refractivity contribution is 5.93. The number of carbonyl (C=O) groups excluding carboxylic acids is 5. The molecule has 0 aliphatic carbocycles. The predicted molar refractivity (Wildman–Crippen MR) is 300 cm³/mol. The van der Waals surface area contributed by atoms with E-state index >= 15 is 0 Å². The summed E-state index contributed by atoms with van der Waals surface area (Å²) in [5, 5.41) is 67.8. The first-order chi connectivity index (χ1) is 38.8. The maximum Gasteiger partial charge on any atom is 0.289 e. The first kappa shape index (κ1) is 58.4. The number of benzene rings is 4. The fraction of sp³-hybridized carbons (Fsp3) is 0.431. The average Bonchev–Trinajstić information content (AvgIpc) is 4.27. The van der Waals surface area contributed by atoms with Gasteiger partial charge in [0.2, 0.25) is 29.4 Å². The number of hydrogen-bond donors (Lipinski definition) is 8. The van der Waals surface area contributed by atoms with Crippen molar-refractivity contribution in [1.29, 1.82) is 0 Å². The van der Waals surface area contributed by atoms with Gasteiger partial charge in [-0.2, -0.15) is 0 Å². The molecule has 81 heavy (non-hydrogen) atoms. The molecule has 5 amide bonds. The molecule has 9 N–H and O–H groups in total. The van der Waals surface area contributed by atoms with E-state index in [9.17, 15) is 44.4 Å². The Labute approximate surface area is 469 Å². The van der Waals surface area contributed by atoms with Crippen molar-refractivity contribution in [2.75, 3.05) is 45.8 Å². The van der Waals surface area contributed by atoms with Gasteiger partial charge in [-0.25, -0.2) is 0 Å². The van der Waals surface area contributed by atoms with Gasteiger partial charge in [-0.1, -0.05) is 27.7 Å². The Hall–Kier alpha value is -8.73. The van der Waals surface area contributed by atoms with Crippen LogP contribution in [0.3, 0.4) is 0 Å². The monoisotopic (exact) mass is 1110 g/mol. The Balaban J connectivity index is 0.753. The quantitative estimate of drug-likeness (QED) is 0.0422. The fourth-order valence-corrected chi connectivity index (χ4v) is 9.98. The van der Waals surface area contributed by atoms with Crippen LogP contribution >= 0.6 is 0 Å². The molecule has 2 aliphatic heterocycles. The van der Waals surface area contributed by atoms with Crippen LogP contribution in [0.25, 0.3) is 34.2 Å². The van der Waals surface area contributed by atoms with Crippen LogP contribution in [0, 0.1) is 0 Å². The summed E-state index contributed by atoms with van der Waals surface area (Å²) in [5.74, 6) is -0.621. The van der Waals surface area contributed by atoms with Gasteiger partial charge in [-0.05, 0) is 104 Å². The number of hydrogen-bond acceptors (Lipinski definition) is 16. The third kappa shape index (κ3) is 13.7. The number of piperidine rings is 2. The van der Waals surface area contributed by atoms with Crippen molar-refractivity contribution in [2.45, 2.75) is 117 Å².